The van der Waals surface area contributed by atoms with Crippen LogP contribution in [0.4, 0.5) is 24.9 Å². The molecule has 0 amide bonds. The summed E-state index contributed by atoms with van der Waals surface area (Å²) in [6.45, 7) is 6.08. The Kier molecular flexibility index (Phi) is 5.16. The molecule has 9 heteroatoms. The van der Waals surface area contributed by atoms with Crippen molar-refractivity contribution in [3.05, 3.63) is 18.0 Å². The van der Waals surface area contributed by atoms with Crippen molar-refractivity contribution >= 4 is 22.7 Å². The van der Waals surface area contributed by atoms with Crippen LogP contribution in [-0.2, 0) is 10.9 Å². The van der Waals surface area contributed by atoms with E-state index >= 15 is 0 Å². The second kappa shape index (κ2) is 7.10. The fourth-order valence-electron chi connectivity index (χ4n) is 3.32. The first-order chi connectivity index (χ1) is 12.5. The van der Waals surface area contributed by atoms with Crippen molar-refractivity contribution in [2.75, 3.05) is 11.1 Å². The number of alkyl halides is 3. The fourth-order valence-corrected chi connectivity index (χ4v) is 3.32. The molecule has 1 saturated carbocycles. The number of hydrogen-bond acceptors (Lipinski definition) is 6. The average molecular weight is 383 g/mol. The Labute approximate surface area is 155 Å². The number of nitrogens with zero attached hydrogens (tertiary/aromatic N) is 3. The molecule has 0 radical (unpaired) electrons. The van der Waals surface area contributed by atoms with Gasteiger partial charge in [-0.05, 0) is 46.5 Å². The van der Waals surface area contributed by atoms with E-state index in [0.29, 0.717) is 6.20 Å². The minimum absolute atomic E-state index is 0.0237. The Bertz CT molecular complexity index is 811. The first-order valence-corrected chi connectivity index (χ1v) is 8.96. The van der Waals surface area contributed by atoms with Gasteiger partial charge in [-0.25, -0.2) is 15.0 Å². The van der Waals surface area contributed by atoms with E-state index < -0.39 is 11.7 Å². The van der Waals surface area contributed by atoms with Crippen LogP contribution in [0.1, 0.15) is 52.0 Å². The van der Waals surface area contributed by atoms with Gasteiger partial charge in [0.2, 0.25) is 5.95 Å². The highest BCUT2D eigenvalue weighted by atomic mass is 19.4. The maximum absolute atomic E-state index is 13.2. The third-order valence-electron chi connectivity index (χ3n) is 4.49. The number of anilines is 2. The third kappa shape index (κ3) is 4.77. The Balaban J connectivity index is 1.75. The predicted molar refractivity (Wildman–Crippen MR) is 97.3 cm³/mol. The van der Waals surface area contributed by atoms with Gasteiger partial charge in [-0.3, -0.25) is 0 Å². The Morgan fingerprint density at radius 2 is 1.74 bits per heavy atom. The molecule has 2 aromatic rings. The lowest BCUT2D eigenvalue weighted by molar-refractivity contribution is -0.136. The molecular weight excluding hydrogens is 359 g/mol. The molecule has 148 valence electrons. The summed E-state index contributed by atoms with van der Waals surface area (Å²) in [7, 11) is 0. The summed E-state index contributed by atoms with van der Waals surface area (Å²) >= 11 is 0. The predicted octanol–water partition coefficient (Wildman–Crippen LogP) is 4.16. The fraction of sp³-hybridized carbons (Fsp3) is 0.611. The van der Waals surface area contributed by atoms with Crippen molar-refractivity contribution in [2.24, 2.45) is 0 Å². The van der Waals surface area contributed by atoms with Crippen LogP contribution in [-0.4, -0.2) is 32.7 Å². The summed E-state index contributed by atoms with van der Waals surface area (Å²) in [6.07, 6.45) is 1.08. The summed E-state index contributed by atoms with van der Waals surface area (Å²) in [5.74, 6) is 0.142. The van der Waals surface area contributed by atoms with Crippen LogP contribution in [0.25, 0.3) is 10.9 Å². The van der Waals surface area contributed by atoms with E-state index in [4.69, 9.17) is 10.5 Å². The molecule has 6 nitrogen and oxygen atoms in total. The molecule has 3 rings (SSSR count). The minimum atomic E-state index is -4.56. The molecule has 27 heavy (non-hydrogen) atoms. The summed E-state index contributed by atoms with van der Waals surface area (Å²) in [5, 5.41) is 3.24. The van der Waals surface area contributed by atoms with Crippen LogP contribution in [0.3, 0.4) is 0 Å². The first kappa shape index (κ1) is 19.6. The molecule has 1 fully saturated rings. The standard InChI is InChI=1S/C18H24F3N5O/c1-17(2,3)27-11-6-4-10(5-7-11)25-16-24-8-12-14(26-16)13(18(19,20)21)9-23-15(12)22/h8-11H,4-7H2,1-3H3,(H2,22,23)(H,24,25,26)/t10-,11-. The van der Waals surface area contributed by atoms with E-state index in [9.17, 15) is 13.2 Å². The second-order valence-electron chi connectivity index (χ2n) is 7.86. The van der Waals surface area contributed by atoms with Crippen molar-refractivity contribution in [3.8, 4) is 0 Å². The number of nitrogen functional groups attached to an aromatic ring is 1. The average Bonchev–Trinajstić information content (AvgIpc) is 2.54. The first-order valence-electron chi connectivity index (χ1n) is 8.96. The van der Waals surface area contributed by atoms with Gasteiger partial charge in [0.25, 0.3) is 0 Å². The number of ether oxygens (including phenoxy) is 1. The highest BCUT2D eigenvalue weighted by Gasteiger charge is 2.34. The van der Waals surface area contributed by atoms with Crippen LogP contribution in [0.5, 0.6) is 0 Å². The molecule has 0 aromatic carbocycles. The van der Waals surface area contributed by atoms with E-state index in [0.717, 1.165) is 25.7 Å². The molecule has 1 aliphatic carbocycles. The number of pyridine rings is 1. The van der Waals surface area contributed by atoms with E-state index in [2.05, 4.69) is 20.3 Å². The number of nitrogens with one attached hydrogen (secondary N) is 1. The number of fused-ring (bicyclic) bond motifs is 1. The van der Waals surface area contributed by atoms with E-state index in [1.54, 1.807) is 0 Å². The van der Waals surface area contributed by atoms with Gasteiger partial charge in [0.05, 0.1) is 22.6 Å². The lowest BCUT2D eigenvalue weighted by Gasteiger charge is -2.33. The van der Waals surface area contributed by atoms with Gasteiger partial charge in [0, 0.05) is 18.4 Å². The van der Waals surface area contributed by atoms with Crippen LogP contribution < -0.4 is 11.1 Å². The van der Waals surface area contributed by atoms with Gasteiger partial charge in [-0.15, -0.1) is 0 Å². The zero-order valence-electron chi connectivity index (χ0n) is 15.6. The highest BCUT2D eigenvalue weighted by Crippen LogP contribution is 2.35. The lowest BCUT2D eigenvalue weighted by Crippen LogP contribution is -2.34. The maximum atomic E-state index is 13.2. The van der Waals surface area contributed by atoms with E-state index in [1.165, 1.54) is 6.20 Å². The monoisotopic (exact) mass is 383 g/mol. The molecule has 0 saturated heterocycles. The zero-order chi connectivity index (χ0) is 19.8. The van der Waals surface area contributed by atoms with Crippen molar-refractivity contribution < 1.29 is 17.9 Å². The van der Waals surface area contributed by atoms with Crippen molar-refractivity contribution in [3.63, 3.8) is 0 Å². The molecule has 2 heterocycles. The van der Waals surface area contributed by atoms with Crippen LogP contribution in [0, 0.1) is 0 Å². The minimum Gasteiger partial charge on any atom is -0.383 e. The lowest BCUT2D eigenvalue weighted by atomic mass is 9.92. The summed E-state index contributed by atoms with van der Waals surface area (Å²) in [5.41, 5.74) is 4.33. The van der Waals surface area contributed by atoms with Gasteiger partial charge >= 0.3 is 6.18 Å². The van der Waals surface area contributed by atoms with Crippen molar-refractivity contribution in [1.82, 2.24) is 15.0 Å². The number of nitrogens with two attached hydrogens (primary N) is 1. The Morgan fingerprint density at radius 1 is 1.07 bits per heavy atom. The normalized spacial score (nSPS) is 21.4. The van der Waals surface area contributed by atoms with Gasteiger partial charge in [-0.1, -0.05) is 0 Å². The topological polar surface area (TPSA) is 86.0 Å². The molecule has 3 N–H and O–H groups in total. The molecule has 0 aliphatic heterocycles. The quantitative estimate of drug-likeness (QED) is 0.828. The molecule has 1 aliphatic rings. The largest absolute Gasteiger partial charge is 0.419 e. The highest BCUT2D eigenvalue weighted by molar-refractivity contribution is 5.90. The zero-order valence-corrected chi connectivity index (χ0v) is 15.6. The molecule has 0 atom stereocenters. The van der Waals surface area contributed by atoms with Crippen LogP contribution in [0.2, 0.25) is 0 Å². The smallest absolute Gasteiger partial charge is 0.383 e. The number of rotatable bonds is 3. The van der Waals surface area contributed by atoms with Crippen LogP contribution in [0.15, 0.2) is 12.4 Å². The molecule has 0 spiro atoms. The SMILES string of the molecule is CC(C)(C)O[C@H]1CC[C@H](Nc2ncc3c(N)ncc(C(F)(F)F)c3n2)CC1. The van der Waals surface area contributed by atoms with Crippen molar-refractivity contribution in [2.45, 2.75) is 70.4 Å². The van der Waals surface area contributed by atoms with Crippen LogP contribution >= 0.6 is 0 Å². The summed E-state index contributed by atoms with van der Waals surface area (Å²) in [4.78, 5) is 11.8. The Morgan fingerprint density at radius 3 is 2.33 bits per heavy atom. The molecule has 0 bridgehead atoms. The molecular formula is C18H24F3N5O. The summed E-state index contributed by atoms with van der Waals surface area (Å²) in [6, 6.07) is 0.0933. The molecule has 2 aromatic heterocycles. The second-order valence-corrected chi connectivity index (χ2v) is 7.86. The van der Waals surface area contributed by atoms with Gasteiger partial charge in [0.15, 0.2) is 0 Å². The maximum Gasteiger partial charge on any atom is 0.419 e. The number of hydrogen-bond donors (Lipinski definition) is 2. The van der Waals surface area contributed by atoms with Crippen molar-refractivity contribution in [1.29, 1.82) is 0 Å². The molecule has 0 unspecified atom stereocenters. The Hall–Kier alpha value is -2.16. The van der Waals surface area contributed by atoms with E-state index in [1.807, 2.05) is 20.8 Å². The van der Waals surface area contributed by atoms with Gasteiger partial charge in [-0.2, -0.15) is 13.2 Å². The summed E-state index contributed by atoms with van der Waals surface area (Å²) < 4.78 is 45.7. The number of halogens is 3. The van der Waals surface area contributed by atoms with Gasteiger partial charge in [0.1, 0.15) is 11.4 Å². The van der Waals surface area contributed by atoms with E-state index in [-0.39, 0.29) is 40.4 Å². The number of aromatic nitrogens is 3. The van der Waals surface area contributed by atoms with Gasteiger partial charge < -0.3 is 15.8 Å². The third-order valence-corrected chi connectivity index (χ3v) is 4.49.